The third-order valence-electron chi connectivity index (χ3n) is 3.72. The quantitative estimate of drug-likeness (QED) is 0.884. The molecule has 1 aromatic carbocycles. The molecule has 0 aromatic heterocycles. The highest BCUT2D eigenvalue weighted by atomic mass is 16.2. The van der Waals surface area contributed by atoms with Crippen molar-refractivity contribution >= 4 is 11.9 Å². The Kier molecular flexibility index (Phi) is 4.12. The van der Waals surface area contributed by atoms with Crippen LogP contribution in [0.4, 0.5) is 0 Å². The predicted octanol–water partition coefficient (Wildman–Crippen LogP) is 2.34. The summed E-state index contributed by atoms with van der Waals surface area (Å²) in [5, 5.41) is 6.13. The van der Waals surface area contributed by atoms with Crippen molar-refractivity contribution in [2.45, 2.75) is 52.1 Å². The molecule has 0 spiro atoms. The van der Waals surface area contributed by atoms with Crippen LogP contribution in [-0.2, 0) is 16.8 Å². The Balaban J connectivity index is 2.36. The molecule has 1 saturated heterocycles. The number of nitrogens with zero attached hydrogens (tertiary/aromatic N) is 1. The molecule has 1 heterocycles. The van der Waals surface area contributed by atoms with E-state index in [4.69, 9.17) is 0 Å². The molecule has 0 radical (unpaired) electrons. The topological polar surface area (TPSA) is 53.5 Å². The van der Waals surface area contributed by atoms with Crippen molar-refractivity contribution < 1.29 is 4.79 Å². The monoisotopic (exact) mass is 273 g/mol. The van der Waals surface area contributed by atoms with Crippen LogP contribution in [0, 0.1) is 0 Å². The summed E-state index contributed by atoms with van der Waals surface area (Å²) < 4.78 is 0. The first-order chi connectivity index (χ1) is 9.51. The summed E-state index contributed by atoms with van der Waals surface area (Å²) in [6.07, 6.45) is 1.68. The van der Waals surface area contributed by atoms with Crippen LogP contribution in [0.3, 0.4) is 0 Å². The average molecular weight is 273 g/mol. The Bertz CT molecular complexity index is 519. The van der Waals surface area contributed by atoms with E-state index in [0.29, 0.717) is 12.4 Å². The smallest absolute Gasteiger partial charge is 0.257 e. The second kappa shape index (κ2) is 5.65. The molecule has 20 heavy (non-hydrogen) atoms. The number of aryl methyl sites for hydroxylation is 1. The minimum atomic E-state index is -0.694. The van der Waals surface area contributed by atoms with Crippen LogP contribution < -0.4 is 10.6 Å². The molecule has 1 atom stereocenters. The molecule has 1 fully saturated rings. The van der Waals surface area contributed by atoms with Crippen molar-refractivity contribution in [3.8, 4) is 0 Å². The van der Waals surface area contributed by atoms with Gasteiger partial charge in [-0.15, -0.1) is 0 Å². The average Bonchev–Trinajstić information content (AvgIpc) is 2.75. The van der Waals surface area contributed by atoms with Gasteiger partial charge in [-0.3, -0.25) is 15.1 Å². The molecule has 2 rings (SSSR count). The normalized spacial score (nSPS) is 24.1. The van der Waals surface area contributed by atoms with E-state index in [9.17, 15) is 4.79 Å². The molecule has 0 saturated carbocycles. The number of rotatable bonds is 4. The van der Waals surface area contributed by atoms with Crippen LogP contribution in [-0.4, -0.2) is 17.9 Å². The van der Waals surface area contributed by atoms with Crippen molar-refractivity contribution in [3.63, 3.8) is 0 Å². The van der Waals surface area contributed by atoms with Gasteiger partial charge in [0, 0.05) is 6.04 Å². The number of aliphatic imine (C=N–C) groups is 1. The molecule has 108 valence electrons. The zero-order chi connectivity index (χ0) is 14.8. The lowest BCUT2D eigenvalue weighted by Gasteiger charge is -2.25. The van der Waals surface area contributed by atoms with Crippen molar-refractivity contribution in [2.75, 3.05) is 0 Å². The molecular weight excluding hydrogens is 250 g/mol. The van der Waals surface area contributed by atoms with Crippen molar-refractivity contribution in [1.29, 1.82) is 0 Å². The minimum absolute atomic E-state index is 0.0244. The highest BCUT2D eigenvalue weighted by molar-refractivity contribution is 6.09. The molecule has 1 aromatic rings. The van der Waals surface area contributed by atoms with Gasteiger partial charge in [0.25, 0.3) is 5.91 Å². The molecule has 1 amide bonds. The Morgan fingerprint density at radius 3 is 2.35 bits per heavy atom. The molecule has 4 nitrogen and oxygen atoms in total. The van der Waals surface area contributed by atoms with Crippen LogP contribution in [0.5, 0.6) is 0 Å². The fourth-order valence-electron chi connectivity index (χ4n) is 2.51. The fourth-order valence-corrected chi connectivity index (χ4v) is 2.51. The lowest BCUT2D eigenvalue weighted by Crippen LogP contribution is -2.43. The highest BCUT2D eigenvalue weighted by Gasteiger charge is 2.45. The van der Waals surface area contributed by atoms with Crippen LogP contribution in [0.15, 0.2) is 29.3 Å². The molecule has 0 bridgehead atoms. The Morgan fingerprint density at radius 2 is 1.85 bits per heavy atom. The van der Waals surface area contributed by atoms with E-state index < -0.39 is 5.54 Å². The third kappa shape index (κ3) is 2.55. The van der Waals surface area contributed by atoms with Gasteiger partial charge in [-0.25, -0.2) is 0 Å². The molecule has 2 N–H and O–H groups in total. The maximum absolute atomic E-state index is 12.4. The summed E-state index contributed by atoms with van der Waals surface area (Å²) in [6.45, 7) is 8.11. The number of nitrogens with one attached hydrogen (secondary N) is 2. The zero-order valence-electron chi connectivity index (χ0n) is 12.7. The maximum Gasteiger partial charge on any atom is 0.257 e. The molecule has 1 aliphatic heterocycles. The van der Waals surface area contributed by atoms with Gasteiger partial charge in [-0.1, -0.05) is 38.1 Å². The number of carbonyl (C=O) groups is 1. The predicted molar refractivity (Wildman–Crippen MR) is 81.6 cm³/mol. The zero-order valence-corrected chi connectivity index (χ0v) is 12.7. The van der Waals surface area contributed by atoms with Gasteiger partial charge in [0.15, 0.2) is 5.96 Å². The van der Waals surface area contributed by atoms with E-state index in [-0.39, 0.29) is 11.9 Å². The van der Waals surface area contributed by atoms with Crippen LogP contribution in [0.1, 0.15) is 45.2 Å². The standard InChI is InChI=1S/C16H23N3O/c1-5-12-7-9-13(10-8-12)16(6-2)14(20)18-15(19-16)17-11(3)4/h7-11H,5-6H2,1-4H3,(H2,17,18,19,20). The second-order valence-corrected chi connectivity index (χ2v) is 5.46. The Morgan fingerprint density at radius 1 is 1.20 bits per heavy atom. The number of hydrogen-bond acceptors (Lipinski definition) is 2. The van der Waals surface area contributed by atoms with E-state index in [0.717, 1.165) is 12.0 Å². The van der Waals surface area contributed by atoms with Gasteiger partial charge in [-0.05, 0) is 37.8 Å². The first kappa shape index (κ1) is 14.6. The lowest BCUT2D eigenvalue weighted by atomic mass is 9.87. The summed E-state index contributed by atoms with van der Waals surface area (Å²) in [4.78, 5) is 16.8. The summed E-state index contributed by atoms with van der Waals surface area (Å²) in [5.41, 5.74) is 1.57. The SMILES string of the molecule is CCc1ccc(C2(CC)NC(=NC(C)C)NC2=O)cc1. The number of guanidine groups is 1. The second-order valence-electron chi connectivity index (χ2n) is 5.46. The van der Waals surface area contributed by atoms with E-state index in [1.807, 2.05) is 32.9 Å². The van der Waals surface area contributed by atoms with Crippen molar-refractivity contribution in [1.82, 2.24) is 10.6 Å². The molecule has 1 unspecified atom stereocenters. The van der Waals surface area contributed by atoms with Gasteiger partial charge >= 0.3 is 0 Å². The van der Waals surface area contributed by atoms with Gasteiger partial charge in [0.1, 0.15) is 5.54 Å². The Hall–Kier alpha value is -1.84. The fraction of sp³-hybridized carbons (Fsp3) is 0.500. The summed E-state index contributed by atoms with van der Waals surface area (Å²) in [6, 6.07) is 8.38. The summed E-state index contributed by atoms with van der Waals surface area (Å²) in [7, 11) is 0. The van der Waals surface area contributed by atoms with Crippen molar-refractivity contribution in [2.24, 2.45) is 4.99 Å². The third-order valence-corrected chi connectivity index (χ3v) is 3.72. The number of amides is 1. The molecular formula is C16H23N3O. The van der Waals surface area contributed by atoms with Crippen LogP contribution >= 0.6 is 0 Å². The van der Waals surface area contributed by atoms with Gasteiger partial charge < -0.3 is 5.32 Å². The molecule has 1 aliphatic rings. The van der Waals surface area contributed by atoms with Crippen LogP contribution in [0.25, 0.3) is 0 Å². The number of hydrogen-bond donors (Lipinski definition) is 2. The van der Waals surface area contributed by atoms with Crippen molar-refractivity contribution in [3.05, 3.63) is 35.4 Å². The Labute approximate surface area is 120 Å². The molecule has 0 aliphatic carbocycles. The highest BCUT2D eigenvalue weighted by Crippen LogP contribution is 2.28. The van der Waals surface area contributed by atoms with Gasteiger partial charge in [0.05, 0.1) is 0 Å². The number of carbonyl (C=O) groups excluding carboxylic acids is 1. The van der Waals surface area contributed by atoms with E-state index in [1.165, 1.54) is 5.56 Å². The van der Waals surface area contributed by atoms with Gasteiger partial charge in [0.2, 0.25) is 0 Å². The largest absolute Gasteiger partial charge is 0.338 e. The van der Waals surface area contributed by atoms with E-state index in [2.05, 4.69) is 34.7 Å². The maximum atomic E-state index is 12.4. The minimum Gasteiger partial charge on any atom is -0.338 e. The lowest BCUT2D eigenvalue weighted by molar-refractivity contribution is -0.124. The van der Waals surface area contributed by atoms with Crippen LogP contribution in [0.2, 0.25) is 0 Å². The number of benzene rings is 1. The van der Waals surface area contributed by atoms with E-state index >= 15 is 0 Å². The first-order valence-electron chi connectivity index (χ1n) is 7.28. The molecule has 4 heteroatoms. The van der Waals surface area contributed by atoms with E-state index in [1.54, 1.807) is 0 Å². The first-order valence-corrected chi connectivity index (χ1v) is 7.28. The summed E-state index contributed by atoms with van der Waals surface area (Å²) >= 11 is 0. The van der Waals surface area contributed by atoms with Gasteiger partial charge in [-0.2, -0.15) is 0 Å². The summed E-state index contributed by atoms with van der Waals surface area (Å²) in [5.74, 6) is 0.551.